The van der Waals surface area contributed by atoms with Gasteiger partial charge in [0.25, 0.3) is 11.8 Å². The molecule has 0 aromatic heterocycles. The van der Waals surface area contributed by atoms with Gasteiger partial charge in [-0.1, -0.05) is 41.9 Å². The summed E-state index contributed by atoms with van der Waals surface area (Å²) in [7, 11) is 0. The number of hydrogen-bond acceptors (Lipinski definition) is 2. The number of rotatable bonds is 5. The zero-order valence-corrected chi connectivity index (χ0v) is 14.7. The number of nitrogens with one attached hydrogen (secondary N) is 2. The van der Waals surface area contributed by atoms with Gasteiger partial charge in [-0.05, 0) is 54.1 Å². The van der Waals surface area contributed by atoms with E-state index in [1.807, 2.05) is 30.3 Å². The maximum absolute atomic E-state index is 12.2. The molecule has 0 bridgehead atoms. The van der Waals surface area contributed by atoms with Gasteiger partial charge in [0, 0.05) is 28.4 Å². The summed E-state index contributed by atoms with van der Waals surface area (Å²) in [6, 6.07) is 23.1. The number of amides is 2. The van der Waals surface area contributed by atoms with Crippen molar-refractivity contribution in [3.05, 3.63) is 101 Å². The highest BCUT2D eigenvalue weighted by Crippen LogP contribution is 2.15. The van der Waals surface area contributed by atoms with Crippen LogP contribution in [0.25, 0.3) is 0 Å². The molecule has 0 saturated heterocycles. The van der Waals surface area contributed by atoms with E-state index >= 15 is 0 Å². The van der Waals surface area contributed by atoms with E-state index < -0.39 is 0 Å². The van der Waals surface area contributed by atoms with E-state index in [-0.39, 0.29) is 11.8 Å². The van der Waals surface area contributed by atoms with Crippen LogP contribution in [0.3, 0.4) is 0 Å². The highest BCUT2D eigenvalue weighted by molar-refractivity contribution is 6.30. The molecule has 26 heavy (non-hydrogen) atoms. The van der Waals surface area contributed by atoms with Crippen molar-refractivity contribution in [2.24, 2.45) is 0 Å². The van der Waals surface area contributed by atoms with Gasteiger partial charge in [-0.15, -0.1) is 0 Å². The Bertz CT molecular complexity index is 892. The molecule has 2 N–H and O–H groups in total. The first kappa shape index (κ1) is 17.7. The Kier molecular flexibility index (Phi) is 5.66. The van der Waals surface area contributed by atoms with E-state index in [1.54, 1.807) is 48.5 Å². The van der Waals surface area contributed by atoms with Crippen LogP contribution in [-0.2, 0) is 6.54 Å². The van der Waals surface area contributed by atoms with Crippen LogP contribution in [0.15, 0.2) is 78.9 Å². The summed E-state index contributed by atoms with van der Waals surface area (Å²) in [5.74, 6) is -0.429. The molecule has 0 fully saturated rings. The third kappa shape index (κ3) is 4.71. The molecule has 0 saturated carbocycles. The maximum atomic E-state index is 12.2. The summed E-state index contributed by atoms with van der Waals surface area (Å²) in [4.78, 5) is 24.4. The fraction of sp³-hybridized carbons (Fsp3) is 0.0476. The molecular formula is C21H17ClN2O2. The Morgan fingerprint density at radius 2 is 1.31 bits per heavy atom. The average molecular weight is 365 g/mol. The summed E-state index contributed by atoms with van der Waals surface area (Å²) in [5.41, 5.74) is 2.66. The summed E-state index contributed by atoms with van der Waals surface area (Å²) in [6.07, 6.45) is 0. The van der Waals surface area contributed by atoms with Gasteiger partial charge in [-0.2, -0.15) is 0 Å². The van der Waals surface area contributed by atoms with Crippen LogP contribution in [0.2, 0.25) is 5.02 Å². The lowest BCUT2D eigenvalue weighted by Gasteiger charge is -2.07. The Labute approximate surface area is 156 Å². The predicted octanol–water partition coefficient (Wildman–Crippen LogP) is 4.52. The number of halogens is 1. The Hall–Kier alpha value is -3.11. The zero-order chi connectivity index (χ0) is 18.4. The van der Waals surface area contributed by atoms with Crippen LogP contribution in [0.4, 0.5) is 5.69 Å². The lowest BCUT2D eigenvalue weighted by atomic mass is 10.1. The predicted molar refractivity (Wildman–Crippen MR) is 103 cm³/mol. The van der Waals surface area contributed by atoms with E-state index in [9.17, 15) is 9.59 Å². The van der Waals surface area contributed by atoms with E-state index in [2.05, 4.69) is 10.6 Å². The lowest BCUT2D eigenvalue weighted by Crippen LogP contribution is -2.22. The molecule has 0 aliphatic rings. The minimum Gasteiger partial charge on any atom is -0.348 e. The molecule has 3 aromatic carbocycles. The van der Waals surface area contributed by atoms with Crippen LogP contribution in [0.5, 0.6) is 0 Å². The molecule has 0 heterocycles. The van der Waals surface area contributed by atoms with Crippen molar-refractivity contribution in [3.63, 3.8) is 0 Å². The van der Waals surface area contributed by atoms with E-state index in [4.69, 9.17) is 11.6 Å². The second kappa shape index (κ2) is 8.32. The summed E-state index contributed by atoms with van der Waals surface area (Å²) in [5, 5.41) is 6.25. The first-order valence-corrected chi connectivity index (χ1v) is 8.49. The van der Waals surface area contributed by atoms with Crippen molar-refractivity contribution >= 4 is 29.1 Å². The SMILES string of the molecule is O=C(NCc1ccccc1)c1ccc(C(=O)Nc2ccc(Cl)cc2)cc1. The van der Waals surface area contributed by atoms with E-state index in [0.717, 1.165) is 5.56 Å². The Morgan fingerprint density at radius 1 is 0.731 bits per heavy atom. The van der Waals surface area contributed by atoms with Crippen molar-refractivity contribution in [2.45, 2.75) is 6.54 Å². The fourth-order valence-corrected chi connectivity index (χ4v) is 2.52. The van der Waals surface area contributed by atoms with Crippen molar-refractivity contribution in [1.82, 2.24) is 5.32 Å². The number of benzene rings is 3. The highest BCUT2D eigenvalue weighted by atomic mass is 35.5. The van der Waals surface area contributed by atoms with Gasteiger partial charge >= 0.3 is 0 Å². The van der Waals surface area contributed by atoms with Gasteiger partial charge in [0.05, 0.1) is 0 Å². The molecule has 3 rings (SSSR count). The first-order chi connectivity index (χ1) is 12.6. The van der Waals surface area contributed by atoms with Crippen molar-refractivity contribution < 1.29 is 9.59 Å². The number of hydrogen-bond donors (Lipinski definition) is 2. The minimum atomic E-state index is -0.247. The molecule has 0 aliphatic carbocycles. The Balaban J connectivity index is 1.59. The van der Waals surface area contributed by atoms with Crippen LogP contribution in [0, 0.1) is 0 Å². The van der Waals surface area contributed by atoms with Crippen LogP contribution in [-0.4, -0.2) is 11.8 Å². The second-order valence-corrected chi connectivity index (χ2v) is 6.14. The zero-order valence-electron chi connectivity index (χ0n) is 13.9. The van der Waals surface area contributed by atoms with Crippen LogP contribution >= 0.6 is 11.6 Å². The van der Waals surface area contributed by atoms with Crippen molar-refractivity contribution in [3.8, 4) is 0 Å². The molecule has 5 heteroatoms. The highest BCUT2D eigenvalue weighted by Gasteiger charge is 2.09. The molecule has 0 radical (unpaired) electrons. The molecule has 0 aliphatic heterocycles. The van der Waals surface area contributed by atoms with Gasteiger partial charge in [0.1, 0.15) is 0 Å². The van der Waals surface area contributed by atoms with Gasteiger partial charge in [-0.3, -0.25) is 9.59 Å². The largest absolute Gasteiger partial charge is 0.348 e. The molecule has 2 amide bonds. The number of anilines is 1. The number of carbonyl (C=O) groups is 2. The molecule has 0 spiro atoms. The average Bonchev–Trinajstić information content (AvgIpc) is 2.69. The third-order valence-corrected chi connectivity index (χ3v) is 4.06. The van der Waals surface area contributed by atoms with Crippen LogP contribution < -0.4 is 10.6 Å². The van der Waals surface area contributed by atoms with Crippen molar-refractivity contribution in [1.29, 1.82) is 0 Å². The van der Waals surface area contributed by atoms with E-state index in [1.165, 1.54) is 0 Å². The van der Waals surface area contributed by atoms with Gasteiger partial charge in [0.15, 0.2) is 0 Å². The summed E-state index contributed by atoms with van der Waals surface area (Å²) in [6.45, 7) is 0.457. The first-order valence-electron chi connectivity index (χ1n) is 8.11. The van der Waals surface area contributed by atoms with E-state index in [0.29, 0.717) is 28.4 Å². The second-order valence-electron chi connectivity index (χ2n) is 5.71. The topological polar surface area (TPSA) is 58.2 Å². The molecule has 3 aromatic rings. The quantitative estimate of drug-likeness (QED) is 0.699. The monoisotopic (exact) mass is 364 g/mol. The minimum absolute atomic E-state index is 0.182. The molecule has 0 atom stereocenters. The maximum Gasteiger partial charge on any atom is 0.255 e. The van der Waals surface area contributed by atoms with Gasteiger partial charge in [-0.25, -0.2) is 0 Å². The molecular weight excluding hydrogens is 348 g/mol. The Morgan fingerprint density at radius 3 is 1.92 bits per heavy atom. The molecule has 4 nitrogen and oxygen atoms in total. The molecule has 0 unspecified atom stereocenters. The third-order valence-electron chi connectivity index (χ3n) is 3.81. The summed E-state index contributed by atoms with van der Waals surface area (Å²) >= 11 is 5.83. The van der Waals surface area contributed by atoms with Gasteiger partial charge in [0.2, 0.25) is 0 Å². The molecule has 130 valence electrons. The normalized spacial score (nSPS) is 10.2. The standard InChI is InChI=1S/C21H17ClN2O2/c22-18-10-12-19(13-11-18)24-21(26)17-8-6-16(7-9-17)20(25)23-14-15-4-2-1-3-5-15/h1-13H,14H2,(H,23,25)(H,24,26). The van der Waals surface area contributed by atoms with Gasteiger partial charge < -0.3 is 10.6 Å². The smallest absolute Gasteiger partial charge is 0.255 e. The number of carbonyl (C=O) groups excluding carboxylic acids is 2. The fourth-order valence-electron chi connectivity index (χ4n) is 2.39. The lowest BCUT2D eigenvalue weighted by molar-refractivity contribution is 0.0949. The van der Waals surface area contributed by atoms with Crippen molar-refractivity contribution in [2.75, 3.05) is 5.32 Å². The van der Waals surface area contributed by atoms with Crippen LogP contribution in [0.1, 0.15) is 26.3 Å². The summed E-state index contributed by atoms with van der Waals surface area (Å²) < 4.78 is 0.